The Morgan fingerprint density at radius 2 is 1.78 bits per heavy atom. The number of piperidine rings is 2. The SMILES string of the molecule is CC(C)OC1CCN(c2ccc(Nc3nc(N4CCC(CC#N)CC4)nc4cn[nH]c(=O)c34)cc2)CC1. The number of fused-ring (bicyclic) bond motifs is 1. The van der Waals surface area contributed by atoms with Crippen molar-refractivity contribution in [1.29, 1.82) is 5.26 Å². The first kappa shape index (κ1) is 25.0. The van der Waals surface area contributed by atoms with Gasteiger partial charge in [0.05, 0.1) is 24.5 Å². The van der Waals surface area contributed by atoms with Crippen molar-refractivity contribution < 1.29 is 4.74 Å². The zero-order valence-electron chi connectivity index (χ0n) is 21.5. The van der Waals surface area contributed by atoms with Crippen molar-refractivity contribution in [3.8, 4) is 6.07 Å². The third-order valence-corrected chi connectivity index (χ3v) is 7.18. The fraction of sp³-hybridized carbons (Fsp3) is 0.519. The highest BCUT2D eigenvalue weighted by molar-refractivity contribution is 5.90. The van der Waals surface area contributed by atoms with E-state index in [2.05, 4.69) is 62.3 Å². The van der Waals surface area contributed by atoms with Gasteiger partial charge < -0.3 is 19.9 Å². The molecule has 3 aromatic rings. The van der Waals surface area contributed by atoms with Crippen molar-refractivity contribution in [2.75, 3.05) is 41.3 Å². The van der Waals surface area contributed by atoms with Crippen molar-refractivity contribution in [3.05, 3.63) is 40.8 Å². The Balaban J connectivity index is 1.33. The van der Waals surface area contributed by atoms with Crippen LogP contribution in [0.1, 0.15) is 46.0 Å². The summed E-state index contributed by atoms with van der Waals surface area (Å²) in [6, 6.07) is 10.5. The third-order valence-electron chi connectivity index (χ3n) is 7.18. The molecule has 10 nitrogen and oxygen atoms in total. The predicted molar refractivity (Wildman–Crippen MR) is 144 cm³/mol. The maximum Gasteiger partial charge on any atom is 0.277 e. The van der Waals surface area contributed by atoms with Gasteiger partial charge in [-0.1, -0.05) is 0 Å². The second-order valence-electron chi connectivity index (χ2n) is 10.2. The molecule has 194 valence electrons. The summed E-state index contributed by atoms with van der Waals surface area (Å²) in [6.45, 7) is 7.67. The van der Waals surface area contributed by atoms with Gasteiger partial charge in [0.2, 0.25) is 5.95 Å². The van der Waals surface area contributed by atoms with E-state index < -0.39 is 0 Å². The van der Waals surface area contributed by atoms with Gasteiger partial charge in [-0.2, -0.15) is 15.3 Å². The van der Waals surface area contributed by atoms with Gasteiger partial charge in [-0.15, -0.1) is 0 Å². The Labute approximate surface area is 216 Å². The molecule has 2 aliphatic rings. The number of anilines is 4. The molecule has 0 bridgehead atoms. The molecule has 0 atom stereocenters. The molecular formula is C27H34N8O2. The highest BCUT2D eigenvalue weighted by Gasteiger charge is 2.23. The lowest BCUT2D eigenvalue weighted by Crippen LogP contribution is -2.37. The molecule has 0 saturated carbocycles. The number of aromatic amines is 1. The van der Waals surface area contributed by atoms with Crippen LogP contribution in [-0.2, 0) is 4.74 Å². The van der Waals surface area contributed by atoms with E-state index in [0.717, 1.165) is 57.5 Å². The number of H-pyrrole nitrogens is 1. The number of ether oxygens (including phenoxy) is 1. The van der Waals surface area contributed by atoms with Crippen molar-refractivity contribution in [3.63, 3.8) is 0 Å². The molecule has 0 spiro atoms. The molecule has 0 aliphatic carbocycles. The summed E-state index contributed by atoms with van der Waals surface area (Å²) >= 11 is 0. The van der Waals surface area contributed by atoms with Crippen LogP contribution in [0.2, 0.25) is 0 Å². The Morgan fingerprint density at radius 3 is 2.46 bits per heavy atom. The van der Waals surface area contributed by atoms with Crippen LogP contribution in [0.4, 0.5) is 23.1 Å². The topological polar surface area (TPSA) is 123 Å². The largest absolute Gasteiger partial charge is 0.375 e. The molecule has 0 amide bonds. The van der Waals surface area contributed by atoms with Crippen LogP contribution < -0.4 is 20.7 Å². The first-order valence-corrected chi connectivity index (χ1v) is 13.1. The first-order chi connectivity index (χ1) is 18.0. The molecule has 2 saturated heterocycles. The van der Waals surface area contributed by atoms with Gasteiger partial charge in [-0.05, 0) is 69.7 Å². The molecule has 10 heteroatoms. The van der Waals surface area contributed by atoms with Gasteiger partial charge in [0.15, 0.2) is 0 Å². The molecule has 0 unspecified atom stereocenters. The van der Waals surface area contributed by atoms with E-state index in [1.165, 1.54) is 5.69 Å². The quantitative estimate of drug-likeness (QED) is 0.494. The zero-order valence-corrected chi connectivity index (χ0v) is 21.5. The Hall–Kier alpha value is -3.71. The summed E-state index contributed by atoms with van der Waals surface area (Å²) in [5, 5.41) is 19.2. The number of hydrogen-bond acceptors (Lipinski definition) is 9. The van der Waals surface area contributed by atoms with Crippen LogP contribution >= 0.6 is 0 Å². The average Bonchev–Trinajstić information content (AvgIpc) is 2.90. The average molecular weight is 503 g/mol. The standard InChI is InChI=1S/C27H34N8O2/c1-18(2)37-22-10-15-34(16-11-22)21-5-3-20(4-6-21)30-25-24-23(17-29-33-26(24)36)31-27(32-25)35-13-8-19(7-12-28)9-14-35/h3-6,17-19,22H,7-11,13-16H2,1-2H3,(H,33,36)(H,30,31,32). The van der Waals surface area contributed by atoms with Crippen LogP contribution in [0.5, 0.6) is 0 Å². The summed E-state index contributed by atoms with van der Waals surface area (Å²) < 4.78 is 5.98. The maximum absolute atomic E-state index is 12.6. The summed E-state index contributed by atoms with van der Waals surface area (Å²) in [5.41, 5.74) is 2.18. The van der Waals surface area contributed by atoms with E-state index in [9.17, 15) is 4.79 Å². The van der Waals surface area contributed by atoms with E-state index in [-0.39, 0.29) is 11.7 Å². The monoisotopic (exact) mass is 502 g/mol. The lowest BCUT2D eigenvalue weighted by molar-refractivity contribution is -0.00478. The van der Waals surface area contributed by atoms with Gasteiger partial charge in [0, 0.05) is 44.0 Å². The lowest BCUT2D eigenvalue weighted by Gasteiger charge is -2.34. The molecule has 37 heavy (non-hydrogen) atoms. The van der Waals surface area contributed by atoms with Crippen molar-refractivity contribution in [2.45, 2.75) is 58.2 Å². The Morgan fingerprint density at radius 1 is 1.08 bits per heavy atom. The fourth-order valence-electron chi connectivity index (χ4n) is 5.22. The Kier molecular flexibility index (Phi) is 7.51. The van der Waals surface area contributed by atoms with Crippen LogP contribution in [0, 0.1) is 17.2 Å². The Bertz CT molecular complexity index is 1300. The van der Waals surface area contributed by atoms with E-state index in [1.807, 2.05) is 12.1 Å². The highest BCUT2D eigenvalue weighted by atomic mass is 16.5. The van der Waals surface area contributed by atoms with Gasteiger partial charge in [-0.25, -0.2) is 10.1 Å². The number of aromatic nitrogens is 4. The van der Waals surface area contributed by atoms with E-state index in [0.29, 0.717) is 41.1 Å². The molecule has 4 heterocycles. The van der Waals surface area contributed by atoms with Crippen LogP contribution in [0.3, 0.4) is 0 Å². The lowest BCUT2D eigenvalue weighted by atomic mass is 9.94. The zero-order chi connectivity index (χ0) is 25.8. The molecular weight excluding hydrogens is 468 g/mol. The van der Waals surface area contributed by atoms with Crippen LogP contribution in [0.15, 0.2) is 35.3 Å². The van der Waals surface area contributed by atoms with Gasteiger partial charge >= 0.3 is 0 Å². The molecule has 1 aromatic carbocycles. The first-order valence-electron chi connectivity index (χ1n) is 13.1. The van der Waals surface area contributed by atoms with E-state index in [1.54, 1.807) is 6.20 Å². The summed E-state index contributed by atoms with van der Waals surface area (Å²) in [7, 11) is 0. The summed E-state index contributed by atoms with van der Waals surface area (Å²) in [6.07, 6.45) is 6.64. The van der Waals surface area contributed by atoms with Crippen molar-refractivity contribution >= 4 is 34.0 Å². The van der Waals surface area contributed by atoms with Crippen molar-refractivity contribution in [2.24, 2.45) is 5.92 Å². The normalized spacial score (nSPS) is 17.4. The van der Waals surface area contributed by atoms with Crippen LogP contribution in [-0.4, -0.2) is 58.6 Å². The smallest absolute Gasteiger partial charge is 0.277 e. The summed E-state index contributed by atoms with van der Waals surface area (Å²) in [5.74, 6) is 1.44. The molecule has 2 aliphatic heterocycles. The number of rotatable bonds is 7. The maximum atomic E-state index is 12.6. The molecule has 2 aromatic heterocycles. The third kappa shape index (κ3) is 5.83. The van der Waals surface area contributed by atoms with Crippen molar-refractivity contribution in [1.82, 2.24) is 20.2 Å². The molecule has 5 rings (SSSR count). The van der Waals surface area contributed by atoms with E-state index >= 15 is 0 Å². The van der Waals surface area contributed by atoms with E-state index in [4.69, 9.17) is 15.0 Å². The van der Waals surface area contributed by atoms with Crippen LogP contribution in [0.25, 0.3) is 10.9 Å². The molecule has 2 N–H and O–H groups in total. The number of benzene rings is 1. The minimum atomic E-state index is -0.331. The summed E-state index contributed by atoms with van der Waals surface area (Å²) in [4.78, 5) is 26.6. The fourth-order valence-corrected chi connectivity index (χ4v) is 5.22. The predicted octanol–water partition coefficient (Wildman–Crippen LogP) is 3.98. The number of hydrogen-bond donors (Lipinski definition) is 2. The number of nitrogens with one attached hydrogen (secondary N) is 2. The van der Waals surface area contributed by atoms with Gasteiger partial charge in [-0.3, -0.25) is 4.79 Å². The highest BCUT2D eigenvalue weighted by Crippen LogP contribution is 2.29. The second kappa shape index (κ2) is 11.1. The van der Waals surface area contributed by atoms with Gasteiger partial charge in [0.25, 0.3) is 5.56 Å². The number of nitriles is 1. The second-order valence-corrected chi connectivity index (χ2v) is 10.2. The van der Waals surface area contributed by atoms with Gasteiger partial charge in [0.1, 0.15) is 16.7 Å². The minimum Gasteiger partial charge on any atom is -0.375 e. The number of nitrogens with zero attached hydrogens (tertiary/aromatic N) is 6. The molecule has 2 fully saturated rings. The minimum absolute atomic E-state index is 0.263. The molecule has 0 radical (unpaired) electrons.